The molecule has 2 amide bonds. The summed E-state index contributed by atoms with van der Waals surface area (Å²) in [5, 5.41) is 12.4. The van der Waals surface area contributed by atoms with Crippen LogP contribution >= 0.6 is 0 Å². The number of amidine groups is 2. The number of aliphatic imine (C=N–C) groups is 2. The Kier molecular flexibility index (Phi) is 6.59. The monoisotopic (exact) mass is 495 g/mol. The second kappa shape index (κ2) is 10.1. The highest BCUT2D eigenvalue weighted by molar-refractivity contribution is 6.11. The summed E-state index contributed by atoms with van der Waals surface area (Å²) in [6.07, 6.45) is 0. The molecule has 9 heteroatoms. The van der Waals surface area contributed by atoms with Crippen LogP contribution in [0, 0.1) is 0 Å². The average molecular weight is 496 g/mol. The van der Waals surface area contributed by atoms with Gasteiger partial charge in [-0.1, -0.05) is 24.3 Å². The molecule has 2 unspecified atom stereocenters. The normalized spacial score (nSPS) is 18.3. The molecule has 2 atom stereocenters. The van der Waals surface area contributed by atoms with E-state index in [0.717, 1.165) is 35.9 Å². The van der Waals surface area contributed by atoms with Crippen molar-refractivity contribution in [3.8, 4) is 0 Å². The van der Waals surface area contributed by atoms with Crippen LogP contribution in [-0.4, -0.2) is 48.7 Å². The number of nitrogens with one attached hydrogen (secondary N) is 4. The first-order valence-corrected chi connectivity index (χ1v) is 12.2. The van der Waals surface area contributed by atoms with Crippen LogP contribution in [0.3, 0.4) is 0 Å². The van der Waals surface area contributed by atoms with E-state index in [2.05, 4.69) is 45.1 Å². The van der Waals surface area contributed by atoms with Gasteiger partial charge in [0.2, 0.25) is 0 Å². The standard InChI is InChI=1S/C28H29N7O2/c1-16-14-30-25(32-16)18-5-3-7-21(11-18)34-27(36)20-9-10-23(24(29)13-20)28(37)35-22-8-4-6-19(12-22)26-31-15-17(2)33-26/h3-13,16-17H,14-15,29H2,1-2H3,(H,30,32)(H,31,33)(H,34,36)(H,35,37). The molecule has 37 heavy (non-hydrogen) atoms. The van der Waals surface area contributed by atoms with E-state index in [1.165, 1.54) is 6.07 Å². The summed E-state index contributed by atoms with van der Waals surface area (Å²) in [6.45, 7) is 5.58. The van der Waals surface area contributed by atoms with Crippen molar-refractivity contribution < 1.29 is 9.59 Å². The summed E-state index contributed by atoms with van der Waals surface area (Å²) in [4.78, 5) is 34.8. The van der Waals surface area contributed by atoms with Crippen molar-refractivity contribution in [1.29, 1.82) is 0 Å². The van der Waals surface area contributed by atoms with Gasteiger partial charge in [0.25, 0.3) is 11.8 Å². The first-order valence-electron chi connectivity index (χ1n) is 12.2. The number of carbonyl (C=O) groups excluding carboxylic acids is 2. The van der Waals surface area contributed by atoms with E-state index in [0.29, 0.717) is 23.0 Å². The predicted octanol–water partition coefficient (Wildman–Crippen LogP) is 3.25. The van der Waals surface area contributed by atoms with Crippen molar-refractivity contribution in [2.75, 3.05) is 29.5 Å². The third-order valence-electron chi connectivity index (χ3n) is 6.16. The number of carbonyl (C=O) groups is 2. The van der Waals surface area contributed by atoms with Crippen LogP contribution in [0.2, 0.25) is 0 Å². The largest absolute Gasteiger partial charge is 0.398 e. The number of hydrogen-bond donors (Lipinski definition) is 5. The highest BCUT2D eigenvalue weighted by Gasteiger charge is 2.18. The summed E-state index contributed by atoms with van der Waals surface area (Å²) in [5.74, 6) is 0.946. The molecular weight excluding hydrogens is 466 g/mol. The zero-order chi connectivity index (χ0) is 25.9. The smallest absolute Gasteiger partial charge is 0.257 e. The molecule has 2 aliphatic rings. The third-order valence-corrected chi connectivity index (χ3v) is 6.16. The highest BCUT2D eigenvalue weighted by Crippen LogP contribution is 2.20. The van der Waals surface area contributed by atoms with Gasteiger partial charge in [-0.2, -0.15) is 0 Å². The Bertz CT molecular complexity index is 1430. The topological polar surface area (TPSA) is 133 Å². The highest BCUT2D eigenvalue weighted by atomic mass is 16.2. The molecule has 6 N–H and O–H groups in total. The van der Waals surface area contributed by atoms with Crippen LogP contribution in [0.1, 0.15) is 45.7 Å². The molecule has 0 aromatic heterocycles. The summed E-state index contributed by atoms with van der Waals surface area (Å²) >= 11 is 0. The van der Waals surface area contributed by atoms with Crippen molar-refractivity contribution in [1.82, 2.24) is 10.6 Å². The van der Waals surface area contributed by atoms with Gasteiger partial charge in [-0.25, -0.2) is 0 Å². The fourth-order valence-electron chi connectivity index (χ4n) is 4.26. The average Bonchev–Trinajstić information content (AvgIpc) is 3.52. The van der Waals surface area contributed by atoms with E-state index in [1.54, 1.807) is 18.2 Å². The molecule has 9 nitrogen and oxygen atoms in total. The number of nitrogens with zero attached hydrogens (tertiary/aromatic N) is 2. The Morgan fingerprint density at radius 3 is 1.81 bits per heavy atom. The molecule has 2 aliphatic heterocycles. The minimum Gasteiger partial charge on any atom is -0.398 e. The predicted molar refractivity (Wildman–Crippen MR) is 148 cm³/mol. The molecule has 0 saturated carbocycles. The fraction of sp³-hybridized carbons (Fsp3) is 0.214. The van der Waals surface area contributed by atoms with E-state index in [-0.39, 0.29) is 29.1 Å². The molecule has 3 aromatic rings. The Balaban J connectivity index is 1.26. The Hall–Kier alpha value is -4.66. The number of hydrogen-bond acceptors (Lipinski definition) is 7. The van der Waals surface area contributed by atoms with E-state index in [1.807, 2.05) is 42.5 Å². The maximum atomic E-state index is 12.9. The zero-order valence-electron chi connectivity index (χ0n) is 20.7. The molecular formula is C28H29N7O2. The molecule has 0 radical (unpaired) electrons. The lowest BCUT2D eigenvalue weighted by Gasteiger charge is -2.12. The van der Waals surface area contributed by atoms with E-state index in [9.17, 15) is 9.59 Å². The Labute approximate surface area is 215 Å². The van der Waals surface area contributed by atoms with Crippen molar-refractivity contribution in [3.05, 3.63) is 89.0 Å². The second-order valence-electron chi connectivity index (χ2n) is 9.34. The first kappa shape index (κ1) is 24.1. The molecule has 5 rings (SSSR count). The van der Waals surface area contributed by atoms with Crippen molar-refractivity contribution in [2.45, 2.75) is 25.9 Å². The minimum atomic E-state index is -0.358. The Morgan fingerprint density at radius 1 is 0.784 bits per heavy atom. The molecule has 0 fully saturated rings. The summed E-state index contributed by atoms with van der Waals surface area (Å²) in [7, 11) is 0. The van der Waals surface area contributed by atoms with Gasteiger partial charge in [0.05, 0.1) is 18.7 Å². The number of nitrogens with two attached hydrogens (primary N) is 1. The zero-order valence-corrected chi connectivity index (χ0v) is 20.7. The van der Waals surface area contributed by atoms with Gasteiger partial charge < -0.3 is 27.0 Å². The van der Waals surface area contributed by atoms with Crippen molar-refractivity contribution >= 4 is 40.5 Å². The van der Waals surface area contributed by atoms with Gasteiger partial charge >= 0.3 is 0 Å². The summed E-state index contributed by atoms with van der Waals surface area (Å²) in [5.41, 5.74) is 10.1. The van der Waals surface area contributed by atoms with Gasteiger partial charge in [-0.15, -0.1) is 0 Å². The van der Waals surface area contributed by atoms with Crippen LogP contribution in [-0.2, 0) is 0 Å². The Morgan fingerprint density at radius 2 is 1.32 bits per heavy atom. The number of benzene rings is 3. The number of amides is 2. The maximum absolute atomic E-state index is 12.9. The van der Waals surface area contributed by atoms with Crippen molar-refractivity contribution in [2.24, 2.45) is 9.98 Å². The van der Waals surface area contributed by atoms with Gasteiger partial charge in [0.1, 0.15) is 11.7 Å². The quantitative estimate of drug-likeness (QED) is 0.335. The van der Waals surface area contributed by atoms with Gasteiger partial charge in [-0.05, 0) is 56.3 Å². The molecule has 0 spiro atoms. The van der Waals surface area contributed by atoms with E-state index >= 15 is 0 Å². The lowest BCUT2D eigenvalue weighted by molar-refractivity contribution is 0.101. The van der Waals surface area contributed by atoms with Crippen LogP contribution < -0.4 is 27.0 Å². The molecule has 3 aromatic carbocycles. The van der Waals surface area contributed by atoms with E-state index < -0.39 is 0 Å². The van der Waals surface area contributed by atoms with Crippen LogP contribution in [0.4, 0.5) is 17.1 Å². The van der Waals surface area contributed by atoms with Gasteiger partial charge in [-0.3, -0.25) is 19.6 Å². The number of anilines is 3. The molecule has 0 aliphatic carbocycles. The summed E-state index contributed by atoms with van der Waals surface area (Å²) < 4.78 is 0. The lowest BCUT2D eigenvalue weighted by atomic mass is 10.1. The fourth-order valence-corrected chi connectivity index (χ4v) is 4.26. The van der Waals surface area contributed by atoms with Crippen LogP contribution in [0.25, 0.3) is 0 Å². The van der Waals surface area contributed by atoms with Crippen LogP contribution in [0.15, 0.2) is 76.7 Å². The van der Waals surface area contributed by atoms with Crippen molar-refractivity contribution in [3.63, 3.8) is 0 Å². The molecule has 0 bridgehead atoms. The number of rotatable bonds is 6. The molecule has 188 valence electrons. The molecule has 2 heterocycles. The minimum absolute atomic E-state index is 0.212. The lowest BCUT2D eigenvalue weighted by Crippen LogP contribution is -2.27. The SMILES string of the molecule is CC1CN=C(c2cccc(NC(=O)c3ccc(C(=O)Nc4cccc(C5=NCC(C)N5)c4)c(N)c3)c2)N1. The summed E-state index contributed by atoms with van der Waals surface area (Å²) in [6, 6.07) is 20.2. The molecule has 0 saturated heterocycles. The van der Waals surface area contributed by atoms with Gasteiger partial charge in [0, 0.05) is 45.8 Å². The third kappa shape index (κ3) is 5.45. The number of nitrogen functional groups attached to an aromatic ring is 1. The van der Waals surface area contributed by atoms with E-state index in [4.69, 9.17) is 5.73 Å². The van der Waals surface area contributed by atoms with Gasteiger partial charge in [0.15, 0.2) is 0 Å². The first-order chi connectivity index (χ1) is 17.9. The second-order valence-corrected chi connectivity index (χ2v) is 9.34. The van der Waals surface area contributed by atoms with Crippen LogP contribution in [0.5, 0.6) is 0 Å². The maximum Gasteiger partial charge on any atom is 0.257 e.